The van der Waals surface area contributed by atoms with Gasteiger partial charge in [0.05, 0.1) is 14.2 Å². The molecule has 1 amide bonds. The van der Waals surface area contributed by atoms with Gasteiger partial charge in [-0.3, -0.25) is 0 Å². The molecule has 2 N–H and O–H groups in total. The molecule has 26 heavy (non-hydrogen) atoms. The number of benzene rings is 2. The first-order chi connectivity index (χ1) is 12.5. The molecule has 2 aromatic rings. The molecule has 134 valence electrons. The predicted octanol–water partition coefficient (Wildman–Crippen LogP) is 0.842. The number of para-hydroxylation sites is 2. The molecule has 1 unspecified atom stereocenters. The van der Waals surface area contributed by atoms with Gasteiger partial charge in [-0.1, -0.05) is 47.6 Å². The number of rotatable bonds is 6. The minimum Gasteiger partial charge on any atom is -0.855 e. The number of carbonyl (C=O) groups excluding carboxylic acids is 1. The SMILES string of the molecule is COc1ccccc1/C=C/C([O-])=N[NH+](C)C(=O)/C=C/c1ccccc1O. The smallest absolute Gasteiger partial charge is 0.362 e. The first-order valence-electron chi connectivity index (χ1n) is 7.92. The molecule has 0 bridgehead atoms. The molecule has 0 radical (unpaired) electrons. The van der Waals surface area contributed by atoms with E-state index in [1.807, 2.05) is 12.1 Å². The van der Waals surface area contributed by atoms with Crippen LogP contribution in [0.2, 0.25) is 0 Å². The summed E-state index contributed by atoms with van der Waals surface area (Å²) in [6, 6.07) is 13.9. The van der Waals surface area contributed by atoms with Crippen molar-refractivity contribution in [3.8, 4) is 11.5 Å². The zero-order valence-electron chi connectivity index (χ0n) is 14.5. The molecule has 0 aliphatic carbocycles. The van der Waals surface area contributed by atoms with Crippen molar-refractivity contribution in [3.63, 3.8) is 0 Å². The van der Waals surface area contributed by atoms with Crippen LogP contribution < -0.4 is 14.9 Å². The Morgan fingerprint density at radius 2 is 1.69 bits per heavy atom. The van der Waals surface area contributed by atoms with Gasteiger partial charge in [0, 0.05) is 23.1 Å². The minimum atomic E-state index is -0.544. The molecule has 0 heterocycles. The number of phenols is 1. The number of aromatic hydroxyl groups is 1. The Morgan fingerprint density at radius 1 is 1.08 bits per heavy atom. The zero-order valence-corrected chi connectivity index (χ0v) is 14.5. The maximum atomic E-state index is 12.0. The number of hydrogen-bond acceptors (Lipinski definition) is 5. The van der Waals surface area contributed by atoms with Gasteiger partial charge in [-0.15, -0.1) is 5.01 Å². The van der Waals surface area contributed by atoms with E-state index in [2.05, 4.69) is 5.10 Å². The number of likely N-dealkylation sites (N-methyl/N-ethyl adjacent to an activating group) is 1. The number of nitrogens with zero attached hydrogens (tertiary/aromatic N) is 1. The van der Waals surface area contributed by atoms with E-state index in [1.54, 1.807) is 43.5 Å². The van der Waals surface area contributed by atoms with Gasteiger partial charge in [0.2, 0.25) is 0 Å². The van der Waals surface area contributed by atoms with Crippen LogP contribution in [0.3, 0.4) is 0 Å². The van der Waals surface area contributed by atoms with E-state index >= 15 is 0 Å². The highest BCUT2D eigenvalue weighted by Gasteiger charge is 2.09. The van der Waals surface area contributed by atoms with Crippen molar-refractivity contribution in [1.82, 2.24) is 0 Å². The average molecular weight is 352 g/mol. The Bertz CT molecular complexity index is 856. The molecule has 0 spiro atoms. The molecule has 0 aliphatic heterocycles. The number of methoxy groups -OCH3 is 1. The number of ether oxygens (including phenoxy) is 1. The highest BCUT2D eigenvalue weighted by Crippen LogP contribution is 2.18. The molecule has 0 aliphatic rings. The van der Waals surface area contributed by atoms with Crippen LogP contribution in [0.1, 0.15) is 11.1 Å². The van der Waals surface area contributed by atoms with E-state index in [0.717, 1.165) is 5.56 Å². The molecule has 0 saturated carbocycles. The van der Waals surface area contributed by atoms with E-state index < -0.39 is 11.8 Å². The number of amides is 1. The fourth-order valence-electron chi connectivity index (χ4n) is 2.14. The van der Waals surface area contributed by atoms with Crippen molar-refractivity contribution in [2.75, 3.05) is 14.2 Å². The van der Waals surface area contributed by atoms with Crippen molar-refractivity contribution in [3.05, 3.63) is 71.8 Å². The second-order valence-electron chi connectivity index (χ2n) is 5.37. The van der Waals surface area contributed by atoms with E-state index in [4.69, 9.17) is 4.74 Å². The summed E-state index contributed by atoms with van der Waals surface area (Å²) in [5.74, 6) is -0.245. The fourth-order valence-corrected chi connectivity index (χ4v) is 2.14. The summed E-state index contributed by atoms with van der Waals surface area (Å²) >= 11 is 0. The van der Waals surface area contributed by atoms with E-state index in [0.29, 0.717) is 11.3 Å². The van der Waals surface area contributed by atoms with Crippen LogP contribution in [0.4, 0.5) is 0 Å². The standard InChI is InChI=1S/C20H20N2O4/c1-22(20(25)14-12-15-7-3-5-9-17(15)23)21-19(24)13-11-16-8-4-6-10-18(16)26-2/h3-14,23H,1-2H3,(H,21,24)/b13-11+,14-12+. The van der Waals surface area contributed by atoms with E-state index in [-0.39, 0.29) is 10.8 Å². The van der Waals surface area contributed by atoms with Gasteiger partial charge in [0.15, 0.2) is 0 Å². The topological polar surface area (TPSA) is 86.4 Å². The normalized spacial score (nSPS) is 13.2. The Balaban J connectivity index is 2.04. The monoisotopic (exact) mass is 352 g/mol. The molecule has 6 nitrogen and oxygen atoms in total. The third-order valence-corrected chi connectivity index (χ3v) is 3.53. The van der Waals surface area contributed by atoms with Crippen molar-refractivity contribution in [1.29, 1.82) is 0 Å². The second-order valence-corrected chi connectivity index (χ2v) is 5.37. The number of nitrogens with one attached hydrogen (secondary N) is 1. The van der Waals surface area contributed by atoms with Gasteiger partial charge in [-0.05, 0) is 24.3 Å². The van der Waals surface area contributed by atoms with Crippen molar-refractivity contribution >= 4 is 24.0 Å². The van der Waals surface area contributed by atoms with Crippen molar-refractivity contribution in [2.24, 2.45) is 5.10 Å². The quantitative estimate of drug-likeness (QED) is 0.349. The van der Waals surface area contributed by atoms with Gasteiger partial charge < -0.3 is 14.9 Å². The minimum absolute atomic E-state index is 0.0614. The van der Waals surface area contributed by atoms with Crippen LogP contribution in [-0.2, 0) is 4.79 Å². The Morgan fingerprint density at radius 3 is 2.38 bits per heavy atom. The molecule has 0 fully saturated rings. The first-order valence-corrected chi connectivity index (χ1v) is 7.92. The Kier molecular flexibility index (Phi) is 6.70. The van der Waals surface area contributed by atoms with E-state index in [9.17, 15) is 15.0 Å². The third-order valence-electron chi connectivity index (χ3n) is 3.53. The lowest BCUT2D eigenvalue weighted by Crippen LogP contribution is -3.07. The summed E-state index contributed by atoms with van der Waals surface area (Å²) < 4.78 is 5.20. The fraction of sp³-hybridized carbons (Fsp3) is 0.100. The maximum Gasteiger partial charge on any atom is 0.362 e. The highest BCUT2D eigenvalue weighted by molar-refractivity contribution is 5.90. The Labute approximate surface area is 152 Å². The zero-order chi connectivity index (χ0) is 18.9. The van der Waals surface area contributed by atoms with Crippen LogP contribution in [0, 0.1) is 0 Å². The molecule has 0 aromatic heterocycles. The predicted molar refractivity (Wildman–Crippen MR) is 98.5 cm³/mol. The first kappa shape index (κ1) is 19.0. The van der Waals surface area contributed by atoms with Crippen LogP contribution in [0.15, 0.2) is 65.8 Å². The molecular weight excluding hydrogens is 332 g/mol. The van der Waals surface area contributed by atoms with Crippen molar-refractivity contribution in [2.45, 2.75) is 0 Å². The maximum absolute atomic E-state index is 12.0. The number of phenolic OH excluding ortho intramolecular Hbond substituents is 1. The van der Waals surface area contributed by atoms with Gasteiger partial charge in [-0.2, -0.15) is 0 Å². The molecule has 0 saturated heterocycles. The summed E-state index contributed by atoms with van der Waals surface area (Å²) in [5, 5.41) is 25.4. The van der Waals surface area contributed by atoms with Gasteiger partial charge in [0.1, 0.15) is 11.5 Å². The molecular formula is C20H20N2O4. The van der Waals surface area contributed by atoms with Gasteiger partial charge in [0.25, 0.3) is 0 Å². The van der Waals surface area contributed by atoms with Crippen LogP contribution in [-0.4, -0.2) is 31.1 Å². The second kappa shape index (κ2) is 9.19. The van der Waals surface area contributed by atoms with Crippen LogP contribution in [0.25, 0.3) is 12.2 Å². The van der Waals surface area contributed by atoms with Crippen LogP contribution in [0.5, 0.6) is 11.5 Å². The van der Waals surface area contributed by atoms with Crippen LogP contribution >= 0.6 is 0 Å². The lowest BCUT2D eigenvalue weighted by atomic mass is 10.2. The highest BCUT2D eigenvalue weighted by atomic mass is 16.5. The lowest BCUT2D eigenvalue weighted by Gasteiger charge is -2.08. The Hall–Kier alpha value is -3.38. The molecule has 1 atom stereocenters. The summed E-state index contributed by atoms with van der Waals surface area (Å²) in [6.45, 7) is 0. The summed E-state index contributed by atoms with van der Waals surface area (Å²) in [5.41, 5.74) is 1.25. The number of hydrogen-bond donors (Lipinski definition) is 2. The van der Waals surface area contributed by atoms with E-state index in [1.165, 1.54) is 31.3 Å². The molecule has 6 heteroatoms. The van der Waals surface area contributed by atoms with Crippen molar-refractivity contribution < 1.29 is 24.8 Å². The van der Waals surface area contributed by atoms with Gasteiger partial charge >= 0.3 is 5.91 Å². The lowest BCUT2D eigenvalue weighted by molar-refractivity contribution is -0.803. The van der Waals surface area contributed by atoms with Gasteiger partial charge in [-0.25, -0.2) is 4.79 Å². The largest absolute Gasteiger partial charge is 0.855 e. The molecule has 2 rings (SSSR count). The third kappa shape index (κ3) is 5.32. The average Bonchev–Trinajstić information content (AvgIpc) is 2.65. The molecule has 2 aromatic carbocycles. The summed E-state index contributed by atoms with van der Waals surface area (Å²) in [6.07, 6.45) is 5.61. The number of carbonyl (C=O) groups is 1. The number of quaternary nitrogens is 1. The summed E-state index contributed by atoms with van der Waals surface area (Å²) in [7, 11) is 3.01. The summed E-state index contributed by atoms with van der Waals surface area (Å²) in [4.78, 5) is 12.0.